The molecule has 0 unspecified atom stereocenters. The molecule has 5 heteroatoms. The summed E-state index contributed by atoms with van der Waals surface area (Å²) < 4.78 is 1.75. The van der Waals surface area contributed by atoms with Gasteiger partial charge >= 0.3 is 6.03 Å². The van der Waals surface area contributed by atoms with Gasteiger partial charge < -0.3 is 10.6 Å². The Labute approximate surface area is 95.5 Å². The van der Waals surface area contributed by atoms with Crippen LogP contribution in [0.25, 0.3) is 0 Å². The second kappa shape index (κ2) is 5.95. The molecule has 0 aliphatic heterocycles. The summed E-state index contributed by atoms with van der Waals surface area (Å²) in [6, 6.07) is -0.160. The second-order valence-electron chi connectivity index (χ2n) is 3.84. The van der Waals surface area contributed by atoms with Gasteiger partial charge in [-0.2, -0.15) is 5.10 Å². The third-order valence-corrected chi connectivity index (χ3v) is 2.01. The lowest BCUT2D eigenvalue weighted by atomic mass is 10.2. The van der Waals surface area contributed by atoms with Gasteiger partial charge in [0.1, 0.15) is 0 Å². The van der Waals surface area contributed by atoms with Gasteiger partial charge in [0.15, 0.2) is 0 Å². The van der Waals surface area contributed by atoms with Crippen LogP contribution in [0.15, 0.2) is 24.5 Å². The molecule has 0 atom stereocenters. The predicted octanol–water partition coefficient (Wildman–Crippen LogP) is 0.838. The van der Waals surface area contributed by atoms with Crippen molar-refractivity contribution in [2.45, 2.75) is 13.3 Å². The summed E-state index contributed by atoms with van der Waals surface area (Å²) in [6.45, 7) is 6.69. The summed E-state index contributed by atoms with van der Waals surface area (Å²) in [6.07, 6.45) is 4.52. The normalized spacial score (nSPS) is 9.88. The monoisotopic (exact) mass is 222 g/mol. The Morgan fingerprint density at radius 3 is 2.88 bits per heavy atom. The number of nitrogens with zero attached hydrogens (tertiary/aromatic N) is 2. The van der Waals surface area contributed by atoms with E-state index in [-0.39, 0.29) is 6.03 Å². The van der Waals surface area contributed by atoms with Crippen LogP contribution in [0.4, 0.5) is 4.79 Å². The lowest BCUT2D eigenvalue weighted by Gasteiger charge is -2.06. The molecule has 0 radical (unpaired) electrons. The smallest absolute Gasteiger partial charge is 0.315 e. The molecule has 88 valence electrons. The third kappa shape index (κ3) is 4.63. The predicted molar refractivity (Wildman–Crippen MR) is 63.1 cm³/mol. The van der Waals surface area contributed by atoms with Crippen LogP contribution in [-0.2, 0) is 13.5 Å². The number of hydrogen-bond acceptors (Lipinski definition) is 2. The Kier molecular flexibility index (Phi) is 4.57. The SMILES string of the molecule is C=C(C)CNC(=O)NCCc1cnn(C)c1. The van der Waals surface area contributed by atoms with E-state index in [0.717, 1.165) is 17.6 Å². The zero-order valence-corrected chi connectivity index (χ0v) is 9.79. The van der Waals surface area contributed by atoms with Crippen molar-refractivity contribution in [2.24, 2.45) is 7.05 Å². The first kappa shape index (κ1) is 12.3. The van der Waals surface area contributed by atoms with E-state index in [1.807, 2.05) is 20.2 Å². The van der Waals surface area contributed by atoms with Gasteiger partial charge in [0.2, 0.25) is 0 Å². The molecule has 1 aromatic rings. The average Bonchev–Trinajstić information content (AvgIpc) is 2.61. The van der Waals surface area contributed by atoms with Crippen LogP contribution in [0.3, 0.4) is 0 Å². The van der Waals surface area contributed by atoms with Gasteiger partial charge in [0, 0.05) is 26.3 Å². The standard InChI is InChI=1S/C11H18N4O/c1-9(2)6-13-11(16)12-5-4-10-7-14-15(3)8-10/h7-8H,1,4-6H2,2-3H3,(H2,12,13,16). The first-order chi connectivity index (χ1) is 7.58. The average molecular weight is 222 g/mol. The Morgan fingerprint density at radius 2 is 2.31 bits per heavy atom. The highest BCUT2D eigenvalue weighted by atomic mass is 16.2. The minimum absolute atomic E-state index is 0.160. The summed E-state index contributed by atoms with van der Waals surface area (Å²) in [7, 11) is 1.87. The van der Waals surface area contributed by atoms with Gasteiger partial charge in [-0.05, 0) is 18.9 Å². The Bertz CT molecular complexity index is 370. The van der Waals surface area contributed by atoms with Crippen molar-refractivity contribution in [3.63, 3.8) is 0 Å². The molecule has 0 spiro atoms. The topological polar surface area (TPSA) is 59.0 Å². The van der Waals surface area contributed by atoms with E-state index in [2.05, 4.69) is 22.3 Å². The van der Waals surface area contributed by atoms with Crippen molar-refractivity contribution in [1.82, 2.24) is 20.4 Å². The summed E-state index contributed by atoms with van der Waals surface area (Å²) in [5.74, 6) is 0. The van der Waals surface area contributed by atoms with E-state index < -0.39 is 0 Å². The van der Waals surface area contributed by atoms with Crippen LogP contribution >= 0.6 is 0 Å². The molecule has 2 amide bonds. The van der Waals surface area contributed by atoms with Crippen LogP contribution in [-0.4, -0.2) is 28.9 Å². The van der Waals surface area contributed by atoms with E-state index >= 15 is 0 Å². The van der Waals surface area contributed by atoms with Gasteiger partial charge in [0.25, 0.3) is 0 Å². The van der Waals surface area contributed by atoms with Gasteiger partial charge in [-0.3, -0.25) is 4.68 Å². The summed E-state index contributed by atoms with van der Waals surface area (Å²) >= 11 is 0. The molecule has 16 heavy (non-hydrogen) atoms. The molecule has 0 saturated carbocycles. The maximum absolute atomic E-state index is 11.3. The molecule has 0 aliphatic carbocycles. The molecule has 1 heterocycles. The number of aromatic nitrogens is 2. The minimum Gasteiger partial charge on any atom is -0.338 e. The Morgan fingerprint density at radius 1 is 1.56 bits per heavy atom. The van der Waals surface area contributed by atoms with Crippen LogP contribution in [0.5, 0.6) is 0 Å². The number of hydrogen-bond donors (Lipinski definition) is 2. The lowest BCUT2D eigenvalue weighted by Crippen LogP contribution is -2.37. The Balaban J connectivity index is 2.15. The molecule has 0 fully saturated rings. The van der Waals surface area contributed by atoms with Gasteiger partial charge in [-0.1, -0.05) is 12.2 Å². The van der Waals surface area contributed by atoms with Gasteiger partial charge in [-0.15, -0.1) is 0 Å². The number of amides is 2. The first-order valence-electron chi connectivity index (χ1n) is 5.21. The number of carbonyl (C=O) groups is 1. The highest BCUT2D eigenvalue weighted by molar-refractivity contribution is 5.74. The van der Waals surface area contributed by atoms with Crippen molar-refractivity contribution in [3.05, 3.63) is 30.1 Å². The maximum Gasteiger partial charge on any atom is 0.315 e. The van der Waals surface area contributed by atoms with Gasteiger partial charge in [0.05, 0.1) is 6.20 Å². The molecular weight excluding hydrogens is 204 g/mol. The molecule has 0 aliphatic rings. The van der Waals surface area contributed by atoms with Crippen LogP contribution in [0.2, 0.25) is 0 Å². The molecular formula is C11H18N4O. The number of rotatable bonds is 5. The van der Waals surface area contributed by atoms with Crippen LogP contribution < -0.4 is 10.6 Å². The van der Waals surface area contributed by atoms with Gasteiger partial charge in [-0.25, -0.2) is 4.79 Å². The fourth-order valence-electron chi connectivity index (χ4n) is 1.22. The van der Waals surface area contributed by atoms with Crippen molar-refractivity contribution >= 4 is 6.03 Å². The van der Waals surface area contributed by atoms with E-state index in [1.54, 1.807) is 10.9 Å². The number of nitrogens with one attached hydrogen (secondary N) is 2. The fourth-order valence-corrected chi connectivity index (χ4v) is 1.22. The minimum atomic E-state index is -0.160. The Hall–Kier alpha value is -1.78. The van der Waals surface area contributed by atoms with E-state index in [4.69, 9.17) is 0 Å². The second-order valence-corrected chi connectivity index (χ2v) is 3.84. The summed E-state index contributed by atoms with van der Waals surface area (Å²) in [5, 5.41) is 9.52. The van der Waals surface area contributed by atoms with Crippen molar-refractivity contribution in [3.8, 4) is 0 Å². The summed E-state index contributed by atoms with van der Waals surface area (Å²) in [4.78, 5) is 11.3. The number of carbonyl (C=O) groups excluding carboxylic acids is 1. The fraction of sp³-hybridized carbons (Fsp3) is 0.455. The highest BCUT2D eigenvalue weighted by Crippen LogP contribution is 1.95. The van der Waals surface area contributed by atoms with Crippen molar-refractivity contribution < 1.29 is 4.79 Å². The zero-order valence-electron chi connectivity index (χ0n) is 9.79. The molecule has 0 aromatic carbocycles. The molecule has 2 N–H and O–H groups in total. The quantitative estimate of drug-likeness (QED) is 0.725. The molecule has 5 nitrogen and oxygen atoms in total. The van der Waals surface area contributed by atoms with Crippen molar-refractivity contribution in [2.75, 3.05) is 13.1 Å². The van der Waals surface area contributed by atoms with E-state index in [9.17, 15) is 4.79 Å². The van der Waals surface area contributed by atoms with Crippen LogP contribution in [0, 0.1) is 0 Å². The number of aryl methyl sites for hydroxylation is 1. The summed E-state index contributed by atoms with van der Waals surface area (Å²) in [5.41, 5.74) is 2.05. The molecule has 1 rings (SSSR count). The van der Waals surface area contributed by atoms with E-state index in [1.165, 1.54) is 0 Å². The zero-order chi connectivity index (χ0) is 12.0. The molecule has 1 aromatic heterocycles. The molecule has 0 saturated heterocycles. The lowest BCUT2D eigenvalue weighted by molar-refractivity contribution is 0.242. The highest BCUT2D eigenvalue weighted by Gasteiger charge is 2.00. The molecule has 0 bridgehead atoms. The third-order valence-electron chi connectivity index (χ3n) is 2.01. The largest absolute Gasteiger partial charge is 0.338 e. The maximum atomic E-state index is 11.3. The van der Waals surface area contributed by atoms with Crippen LogP contribution in [0.1, 0.15) is 12.5 Å². The first-order valence-corrected chi connectivity index (χ1v) is 5.21. The van der Waals surface area contributed by atoms with Crippen molar-refractivity contribution in [1.29, 1.82) is 0 Å². The number of urea groups is 1. The van der Waals surface area contributed by atoms with E-state index in [0.29, 0.717) is 13.1 Å².